The lowest BCUT2D eigenvalue weighted by Crippen LogP contribution is -2.37. The number of carbonyl (C=O) groups is 1. The summed E-state index contributed by atoms with van der Waals surface area (Å²) in [5.74, 6) is 1.92. The van der Waals surface area contributed by atoms with Crippen molar-refractivity contribution >= 4 is 11.7 Å². The fourth-order valence-electron chi connectivity index (χ4n) is 2.61. The quantitative estimate of drug-likeness (QED) is 0.566. The summed E-state index contributed by atoms with van der Waals surface area (Å²) in [6.45, 7) is 1.82. The van der Waals surface area contributed by atoms with Gasteiger partial charge in [-0.05, 0) is 55.5 Å². The lowest BCUT2D eigenvalue weighted by Gasteiger charge is -2.17. The molecule has 0 unspecified atom stereocenters. The first-order valence-electron chi connectivity index (χ1n) is 8.72. The molecule has 1 heterocycles. The van der Waals surface area contributed by atoms with Crippen molar-refractivity contribution in [3.8, 4) is 11.5 Å². The van der Waals surface area contributed by atoms with Gasteiger partial charge in [0.05, 0.1) is 6.26 Å². The van der Waals surface area contributed by atoms with Gasteiger partial charge in [-0.3, -0.25) is 0 Å². The molecule has 1 aromatic heterocycles. The summed E-state index contributed by atoms with van der Waals surface area (Å²) < 4.78 is 10.9. The molecule has 0 aliphatic rings. The third-order valence-electron chi connectivity index (χ3n) is 3.92. The zero-order valence-electron chi connectivity index (χ0n) is 15.0. The highest BCUT2D eigenvalue weighted by molar-refractivity contribution is 5.89. The summed E-state index contributed by atoms with van der Waals surface area (Å²) in [6.07, 6.45) is 1.10. The topological polar surface area (TPSA) is 83.7 Å². The van der Waals surface area contributed by atoms with Crippen LogP contribution in [0.25, 0.3) is 0 Å². The number of nitrogens with one attached hydrogen (secondary N) is 2. The number of aliphatic hydroxyl groups is 1. The van der Waals surface area contributed by atoms with Crippen LogP contribution in [0, 0.1) is 0 Å². The molecule has 0 bridgehead atoms. The van der Waals surface area contributed by atoms with Gasteiger partial charge in [-0.25, -0.2) is 4.79 Å². The lowest BCUT2D eigenvalue weighted by molar-refractivity contribution is 0.130. The molecule has 0 saturated heterocycles. The maximum Gasteiger partial charge on any atom is 0.319 e. The molecule has 0 aliphatic heterocycles. The Hall–Kier alpha value is -3.25. The van der Waals surface area contributed by atoms with E-state index < -0.39 is 6.10 Å². The number of anilines is 1. The van der Waals surface area contributed by atoms with Gasteiger partial charge in [0.2, 0.25) is 0 Å². The molecule has 0 fully saturated rings. The average Bonchev–Trinajstić information content (AvgIpc) is 3.19. The Morgan fingerprint density at radius 1 is 1.04 bits per heavy atom. The monoisotopic (exact) mass is 366 g/mol. The molecule has 6 nitrogen and oxygen atoms in total. The molecule has 27 heavy (non-hydrogen) atoms. The number of benzene rings is 2. The Balaban J connectivity index is 1.47. The molecular formula is C21H22N2O4. The largest absolute Gasteiger partial charge is 0.467 e. The number of furan rings is 1. The normalized spacial score (nSPS) is 12.8. The Morgan fingerprint density at radius 2 is 1.74 bits per heavy atom. The van der Waals surface area contributed by atoms with E-state index in [1.165, 1.54) is 6.26 Å². The number of hydrogen-bond donors (Lipinski definition) is 3. The second kappa shape index (κ2) is 8.91. The van der Waals surface area contributed by atoms with Crippen LogP contribution in [-0.2, 0) is 0 Å². The SMILES string of the molecule is C[C@H](C[C@H](O)c1ccco1)NC(=O)Nc1ccc(Oc2ccccc2)cc1. The van der Waals surface area contributed by atoms with E-state index in [0.717, 1.165) is 5.75 Å². The number of urea groups is 1. The Bertz CT molecular complexity index is 832. The molecule has 6 heteroatoms. The number of carbonyl (C=O) groups excluding carboxylic acids is 1. The molecule has 0 radical (unpaired) electrons. The van der Waals surface area contributed by atoms with Gasteiger partial charge in [-0.2, -0.15) is 0 Å². The number of para-hydroxylation sites is 1. The van der Waals surface area contributed by atoms with Gasteiger partial charge in [0, 0.05) is 18.2 Å². The van der Waals surface area contributed by atoms with E-state index in [9.17, 15) is 9.90 Å². The van der Waals surface area contributed by atoms with E-state index in [2.05, 4.69) is 10.6 Å². The Kier molecular flexibility index (Phi) is 6.12. The zero-order chi connectivity index (χ0) is 19.1. The van der Waals surface area contributed by atoms with Gasteiger partial charge >= 0.3 is 6.03 Å². The van der Waals surface area contributed by atoms with Crippen molar-refractivity contribution in [1.29, 1.82) is 0 Å². The van der Waals surface area contributed by atoms with Crippen LogP contribution in [0.2, 0.25) is 0 Å². The first-order valence-corrected chi connectivity index (χ1v) is 8.72. The summed E-state index contributed by atoms with van der Waals surface area (Å²) in [4.78, 5) is 12.1. The predicted octanol–water partition coefficient (Wildman–Crippen LogP) is 4.71. The van der Waals surface area contributed by atoms with E-state index in [1.54, 1.807) is 36.4 Å². The van der Waals surface area contributed by atoms with E-state index in [1.807, 2.05) is 37.3 Å². The van der Waals surface area contributed by atoms with Crippen LogP contribution in [0.3, 0.4) is 0 Å². The van der Waals surface area contributed by atoms with Gasteiger partial charge in [-0.15, -0.1) is 0 Å². The predicted molar refractivity (Wildman–Crippen MR) is 103 cm³/mol. The minimum atomic E-state index is -0.760. The van der Waals surface area contributed by atoms with E-state index >= 15 is 0 Å². The molecule has 2 aromatic carbocycles. The van der Waals surface area contributed by atoms with E-state index in [-0.39, 0.29) is 12.1 Å². The standard InChI is InChI=1S/C21H22N2O4/c1-15(14-19(24)20-8-5-13-26-20)22-21(25)23-16-9-11-18(12-10-16)27-17-6-3-2-4-7-17/h2-13,15,19,24H,14H2,1H3,(H2,22,23,25)/t15-,19+/m1/s1. The van der Waals surface area contributed by atoms with Crippen LogP contribution in [0.5, 0.6) is 11.5 Å². The number of ether oxygens (including phenoxy) is 1. The highest BCUT2D eigenvalue weighted by Crippen LogP contribution is 2.23. The maximum atomic E-state index is 12.1. The summed E-state index contributed by atoms with van der Waals surface area (Å²) >= 11 is 0. The second-order valence-corrected chi connectivity index (χ2v) is 6.21. The van der Waals surface area contributed by atoms with Gasteiger partial charge in [0.25, 0.3) is 0 Å². The average molecular weight is 366 g/mol. The molecule has 0 saturated carbocycles. The smallest absolute Gasteiger partial charge is 0.319 e. The van der Waals surface area contributed by atoms with Crippen molar-refractivity contribution < 1.29 is 19.1 Å². The van der Waals surface area contributed by atoms with Crippen LogP contribution in [0.1, 0.15) is 25.2 Å². The molecule has 2 amide bonds. The van der Waals surface area contributed by atoms with E-state index in [4.69, 9.17) is 9.15 Å². The van der Waals surface area contributed by atoms with Gasteiger partial charge in [-0.1, -0.05) is 18.2 Å². The van der Waals surface area contributed by atoms with Crippen molar-refractivity contribution in [2.75, 3.05) is 5.32 Å². The first kappa shape index (κ1) is 18.5. The van der Waals surface area contributed by atoms with Gasteiger partial charge in [0.15, 0.2) is 0 Å². The van der Waals surface area contributed by atoms with Crippen molar-refractivity contribution in [2.24, 2.45) is 0 Å². The number of amides is 2. The van der Waals surface area contributed by atoms with Crippen LogP contribution in [-0.4, -0.2) is 17.2 Å². The number of aliphatic hydroxyl groups excluding tert-OH is 1. The molecule has 140 valence electrons. The Morgan fingerprint density at radius 3 is 2.41 bits per heavy atom. The molecular weight excluding hydrogens is 344 g/mol. The number of rotatable bonds is 7. The third-order valence-corrected chi connectivity index (χ3v) is 3.92. The molecule has 2 atom stereocenters. The minimum Gasteiger partial charge on any atom is -0.467 e. The summed E-state index contributed by atoms with van der Waals surface area (Å²) in [5, 5.41) is 15.6. The van der Waals surface area contributed by atoms with Crippen LogP contribution < -0.4 is 15.4 Å². The van der Waals surface area contributed by atoms with Crippen molar-refractivity contribution in [3.05, 3.63) is 78.8 Å². The molecule has 3 aromatic rings. The fourth-order valence-corrected chi connectivity index (χ4v) is 2.61. The van der Waals surface area contributed by atoms with Crippen LogP contribution >= 0.6 is 0 Å². The molecule has 0 spiro atoms. The van der Waals surface area contributed by atoms with Crippen molar-refractivity contribution in [1.82, 2.24) is 5.32 Å². The summed E-state index contributed by atoms with van der Waals surface area (Å²) in [5.41, 5.74) is 0.645. The highest BCUT2D eigenvalue weighted by Gasteiger charge is 2.16. The summed E-state index contributed by atoms with van der Waals surface area (Å²) in [7, 11) is 0. The highest BCUT2D eigenvalue weighted by atomic mass is 16.5. The summed E-state index contributed by atoms with van der Waals surface area (Å²) in [6, 6.07) is 19.4. The van der Waals surface area contributed by atoms with Gasteiger partial charge < -0.3 is 24.9 Å². The molecule has 0 aliphatic carbocycles. The zero-order valence-corrected chi connectivity index (χ0v) is 15.0. The lowest BCUT2D eigenvalue weighted by atomic mass is 10.1. The fraction of sp³-hybridized carbons (Fsp3) is 0.190. The van der Waals surface area contributed by atoms with Crippen molar-refractivity contribution in [2.45, 2.75) is 25.5 Å². The van der Waals surface area contributed by atoms with E-state index in [0.29, 0.717) is 23.6 Å². The maximum absolute atomic E-state index is 12.1. The Labute approximate surface area is 157 Å². The van der Waals surface area contributed by atoms with Crippen LogP contribution in [0.4, 0.5) is 10.5 Å². The number of hydrogen-bond acceptors (Lipinski definition) is 4. The first-order chi connectivity index (χ1) is 13.1. The van der Waals surface area contributed by atoms with Gasteiger partial charge in [0.1, 0.15) is 23.4 Å². The third kappa shape index (κ3) is 5.62. The second-order valence-electron chi connectivity index (χ2n) is 6.21. The van der Waals surface area contributed by atoms with Crippen LogP contribution in [0.15, 0.2) is 77.4 Å². The molecule has 3 N–H and O–H groups in total. The minimum absolute atomic E-state index is 0.231. The molecule has 3 rings (SSSR count). The van der Waals surface area contributed by atoms with Crippen molar-refractivity contribution in [3.63, 3.8) is 0 Å².